The monoisotopic (exact) mass is 167 g/mol. The lowest BCUT2D eigenvalue weighted by Gasteiger charge is -2.15. The quantitative estimate of drug-likeness (QED) is 0.262. The molecule has 0 spiro atoms. The zero-order valence-electron chi connectivity index (χ0n) is 6.42. The van der Waals surface area contributed by atoms with Crippen LogP contribution in [0, 0.1) is 27.9 Å². The molecule has 2 aliphatic rings. The largest absolute Gasteiger partial charge is 0.303 e. The van der Waals surface area contributed by atoms with E-state index >= 15 is 0 Å². The zero-order chi connectivity index (χ0) is 8.72. The Morgan fingerprint density at radius 1 is 1.42 bits per heavy atom. The van der Waals surface area contributed by atoms with Crippen LogP contribution >= 0.6 is 0 Å². The Balaban J connectivity index is 2.28. The highest BCUT2D eigenvalue weighted by Gasteiger charge is 2.51. The van der Waals surface area contributed by atoms with Gasteiger partial charge in [-0.15, -0.1) is 0 Å². The van der Waals surface area contributed by atoms with E-state index in [0.29, 0.717) is 0 Å². The minimum absolute atomic E-state index is 0.000185. The Bertz CT molecular complexity index is 261. The summed E-state index contributed by atoms with van der Waals surface area (Å²) in [6.07, 6.45) is 5.33. The molecule has 0 aromatic heterocycles. The number of carbonyl (C=O) groups is 1. The van der Waals surface area contributed by atoms with Gasteiger partial charge in [0.05, 0.1) is 5.92 Å². The normalized spacial score (nSPS) is 43.3. The second-order valence-corrected chi connectivity index (χ2v) is 3.44. The molecule has 2 bridgehead atoms. The first-order valence-corrected chi connectivity index (χ1v) is 4.01. The van der Waals surface area contributed by atoms with Crippen molar-refractivity contribution in [3.8, 4) is 0 Å². The lowest BCUT2D eigenvalue weighted by molar-refractivity contribution is -0.532. The van der Waals surface area contributed by atoms with Crippen molar-refractivity contribution in [2.75, 3.05) is 0 Å². The van der Waals surface area contributed by atoms with E-state index in [1.54, 1.807) is 0 Å². The van der Waals surface area contributed by atoms with Gasteiger partial charge in [-0.3, -0.25) is 10.1 Å². The van der Waals surface area contributed by atoms with E-state index in [1.165, 1.54) is 0 Å². The highest BCUT2D eigenvalue weighted by atomic mass is 16.6. The summed E-state index contributed by atoms with van der Waals surface area (Å²) < 4.78 is 0. The van der Waals surface area contributed by atoms with Crippen molar-refractivity contribution < 1.29 is 9.72 Å². The smallest absolute Gasteiger partial charge is 0.229 e. The molecular formula is C8H9NO3. The summed E-state index contributed by atoms with van der Waals surface area (Å²) in [5, 5.41) is 10.6. The molecule has 64 valence electrons. The molecule has 0 aliphatic heterocycles. The SMILES string of the molecule is O=C[C@H]1[C@H]([N+](=O)[O-])[C@H]2C=C[C@@H]1C2. The molecule has 0 N–H and O–H groups in total. The molecule has 0 amide bonds. The summed E-state index contributed by atoms with van der Waals surface area (Å²) in [7, 11) is 0. The molecule has 4 atom stereocenters. The number of aldehydes is 1. The average molecular weight is 167 g/mol. The topological polar surface area (TPSA) is 60.2 Å². The molecule has 4 heteroatoms. The van der Waals surface area contributed by atoms with Crippen molar-refractivity contribution in [3.63, 3.8) is 0 Å². The maximum Gasteiger partial charge on any atom is 0.229 e. The third kappa shape index (κ3) is 0.807. The molecular weight excluding hydrogens is 158 g/mol. The molecule has 0 radical (unpaired) electrons. The molecule has 0 aromatic carbocycles. The Morgan fingerprint density at radius 3 is 2.58 bits per heavy atom. The predicted octanol–water partition coefficient (Wildman–Crippen LogP) is 0.653. The lowest BCUT2D eigenvalue weighted by Crippen LogP contribution is -2.33. The van der Waals surface area contributed by atoms with Gasteiger partial charge in [-0.05, 0) is 12.3 Å². The fourth-order valence-corrected chi connectivity index (χ4v) is 2.31. The highest BCUT2D eigenvalue weighted by molar-refractivity contribution is 5.57. The first kappa shape index (κ1) is 7.46. The molecule has 2 rings (SSSR count). The summed E-state index contributed by atoms with van der Waals surface area (Å²) in [5.41, 5.74) is 0. The van der Waals surface area contributed by atoms with Crippen LogP contribution in [-0.2, 0) is 4.79 Å². The van der Waals surface area contributed by atoms with E-state index in [0.717, 1.165) is 12.7 Å². The fourth-order valence-electron chi connectivity index (χ4n) is 2.31. The standard InChI is InChI=1S/C8H9NO3/c10-4-7-5-1-2-6(3-5)8(7)9(11)12/h1-2,4-8H,3H2/t5-,6+,7-,8-/m1/s1. The summed E-state index contributed by atoms with van der Waals surface area (Å²) >= 11 is 0. The van der Waals surface area contributed by atoms with Gasteiger partial charge in [0.15, 0.2) is 0 Å². The number of fused-ring (bicyclic) bond motifs is 2. The number of rotatable bonds is 2. The Labute approximate surface area is 69.4 Å². The van der Waals surface area contributed by atoms with Gasteiger partial charge >= 0.3 is 0 Å². The van der Waals surface area contributed by atoms with Gasteiger partial charge in [-0.1, -0.05) is 12.2 Å². The summed E-state index contributed by atoms with van der Waals surface area (Å²) in [6.45, 7) is 0. The van der Waals surface area contributed by atoms with E-state index < -0.39 is 6.04 Å². The maximum atomic E-state index is 10.6. The zero-order valence-corrected chi connectivity index (χ0v) is 6.42. The third-order valence-electron chi connectivity index (χ3n) is 2.88. The number of nitrogens with zero attached hydrogens (tertiary/aromatic N) is 1. The number of allylic oxidation sites excluding steroid dienone is 1. The van der Waals surface area contributed by atoms with Gasteiger partial charge in [0.25, 0.3) is 0 Å². The van der Waals surface area contributed by atoms with Crippen molar-refractivity contribution in [1.29, 1.82) is 0 Å². The van der Waals surface area contributed by atoms with Gasteiger partial charge in [0, 0.05) is 10.8 Å². The molecule has 0 saturated heterocycles. The second-order valence-electron chi connectivity index (χ2n) is 3.44. The Hall–Kier alpha value is -1.19. The first-order valence-electron chi connectivity index (χ1n) is 4.01. The molecule has 4 nitrogen and oxygen atoms in total. The third-order valence-corrected chi connectivity index (χ3v) is 2.88. The molecule has 0 unspecified atom stereocenters. The number of carbonyl (C=O) groups excluding carboxylic acids is 1. The van der Waals surface area contributed by atoms with Gasteiger partial charge in [-0.25, -0.2) is 0 Å². The van der Waals surface area contributed by atoms with Crippen molar-refractivity contribution in [3.05, 3.63) is 22.3 Å². The van der Waals surface area contributed by atoms with E-state index in [-0.39, 0.29) is 22.7 Å². The van der Waals surface area contributed by atoms with Crippen LogP contribution in [0.3, 0.4) is 0 Å². The van der Waals surface area contributed by atoms with E-state index in [9.17, 15) is 14.9 Å². The van der Waals surface area contributed by atoms with Gasteiger partial charge in [0.2, 0.25) is 6.04 Å². The molecule has 1 fully saturated rings. The van der Waals surface area contributed by atoms with E-state index in [2.05, 4.69) is 0 Å². The van der Waals surface area contributed by atoms with E-state index in [1.807, 2.05) is 12.2 Å². The molecule has 2 aliphatic carbocycles. The van der Waals surface area contributed by atoms with Crippen molar-refractivity contribution >= 4 is 6.29 Å². The fraction of sp³-hybridized carbons (Fsp3) is 0.625. The van der Waals surface area contributed by atoms with E-state index in [4.69, 9.17) is 0 Å². The van der Waals surface area contributed by atoms with Crippen molar-refractivity contribution in [2.24, 2.45) is 17.8 Å². The highest BCUT2D eigenvalue weighted by Crippen LogP contribution is 2.43. The predicted molar refractivity (Wildman–Crippen MR) is 41.1 cm³/mol. The summed E-state index contributed by atoms with van der Waals surface area (Å²) in [5.74, 6) is -0.252. The number of hydrogen-bond acceptors (Lipinski definition) is 3. The summed E-state index contributed by atoms with van der Waals surface area (Å²) in [6, 6.07) is -0.655. The molecule has 12 heavy (non-hydrogen) atoms. The van der Waals surface area contributed by atoms with Crippen LogP contribution in [0.15, 0.2) is 12.2 Å². The van der Waals surface area contributed by atoms with Crippen molar-refractivity contribution in [2.45, 2.75) is 12.5 Å². The van der Waals surface area contributed by atoms with Crippen LogP contribution in [0.5, 0.6) is 0 Å². The molecule has 1 saturated carbocycles. The summed E-state index contributed by atoms with van der Waals surface area (Å²) in [4.78, 5) is 20.8. The van der Waals surface area contributed by atoms with Crippen LogP contribution in [0.1, 0.15) is 6.42 Å². The van der Waals surface area contributed by atoms with Crippen LogP contribution < -0.4 is 0 Å². The molecule has 0 aromatic rings. The minimum Gasteiger partial charge on any atom is -0.303 e. The Kier molecular flexibility index (Phi) is 1.49. The second kappa shape index (κ2) is 2.40. The van der Waals surface area contributed by atoms with Crippen molar-refractivity contribution in [1.82, 2.24) is 0 Å². The van der Waals surface area contributed by atoms with Gasteiger partial charge in [-0.2, -0.15) is 0 Å². The maximum absolute atomic E-state index is 10.6. The number of nitro groups is 1. The first-order chi connectivity index (χ1) is 5.74. The van der Waals surface area contributed by atoms with Gasteiger partial charge in [0.1, 0.15) is 6.29 Å². The van der Waals surface area contributed by atoms with Crippen LogP contribution in [0.4, 0.5) is 0 Å². The van der Waals surface area contributed by atoms with Crippen LogP contribution in [0.2, 0.25) is 0 Å². The number of hydrogen-bond donors (Lipinski definition) is 0. The van der Waals surface area contributed by atoms with Gasteiger partial charge < -0.3 is 4.79 Å². The lowest BCUT2D eigenvalue weighted by atomic mass is 9.91. The molecule has 0 heterocycles. The average Bonchev–Trinajstić information content (AvgIpc) is 2.60. The van der Waals surface area contributed by atoms with Crippen LogP contribution in [0.25, 0.3) is 0 Å². The Morgan fingerprint density at radius 2 is 2.08 bits per heavy atom. The van der Waals surface area contributed by atoms with Crippen LogP contribution in [-0.4, -0.2) is 17.3 Å². The minimum atomic E-state index is -0.655.